The van der Waals surface area contributed by atoms with Gasteiger partial charge in [-0.25, -0.2) is 4.21 Å². The van der Waals surface area contributed by atoms with Gasteiger partial charge in [-0.15, -0.1) is 0 Å². The Balaban J connectivity index is 2.06. The Bertz CT molecular complexity index is 727. The second kappa shape index (κ2) is 9.28. The van der Waals surface area contributed by atoms with Gasteiger partial charge in [-0.05, 0) is 43.0 Å². The van der Waals surface area contributed by atoms with Gasteiger partial charge in [0.25, 0.3) is 0 Å². The smallest absolute Gasteiger partial charge is 0.176 e. The normalized spacial score (nSPS) is 14.9. The van der Waals surface area contributed by atoms with E-state index in [0.717, 1.165) is 24.0 Å². The minimum absolute atomic E-state index is 0.411. The lowest BCUT2D eigenvalue weighted by molar-refractivity contribution is -0.0878. The highest BCUT2D eigenvalue weighted by Gasteiger charge is 2.19. The Labute approximate surface area is 149 Å². The van der Waals surface area contributed by atoms with Gasteiger partial charge in [0.2, 0.25) is 0 Å². The van der Waals surface area contributed by atoms with Gasteiger partial charge in [-0.1, -0.05) is 55.8 Å². The summed E-state index contributed by atoms with van der Waals surface area (Å²) in [6.45, 7) is 4.45. The van der Waals surface area contributed by atoms with Crippen molar-refractivity contribution in [1.82, 2.24) is 0 Å². The summed E-state index contributed by atoms with van der Waals surface area (Å²) >= 11 is 5.25. The van der Waals surface area contributed by atoms with Gasteiger partial charge in [0.05, 0.1) is 11.5 Å². The van der Waals surface area contributed by atoms with Crippen LogP contribution in [0.3, 0.4) is 0 Å². The lowest BCUT2D eigenvalue weighted by atomic mass is 10.2. The van der Waals surface area contributed by atoms with Crippen LogP contribution in [-0.2, 0) is 35.5 Å². The molecule has 0 fully saturated rings. The van der Waals surface area contributed by atoms with Crippen LogP contribution >= 0.6 is 0 Å². The van der Waals surface area contributed by atoms with Crippen LogP contribution in [0.15, 0.2) is 59.5 Å². The Hall–Kier alpha value is -1.27. The highest BCUT2D eigenvalue weighted by atomic mass is 32.8. The van der Waals surface area contributed by atoms with E-state index in [1.165, 1.54) is 0 Å². The van der Waals surface area contributed by atoms with Gasteiger partial charge in [0, 0.05) is 11.2 Å². The number of benzene rings is 2. The number of hydrogen-bond acceptors (Lipinski definition) is 4. The molecule has 0 heterocycles. The number of aryl methyl sites for hydroxylation is 1. The fourth-order valence-electron chi connectivity index (χ4n) is 2.26. The molecule has 0 amide bonds. The molecule has 3 nitrogen and oxygen atoms in total. The van der Waals surface area contributed by atoms with Crippen LogP contribution in [0.5, 0.6) is 0 Å². The molecular weight excluding hydrogens is 340 g/mol. The van der Waals surface area contributed by atoms with Gasteiger partial charge in [-0.2, -0.15) is 0 Å². The Morgan fingerprint density at radius 1 is 1.12 bits per heavy atom. The van der Waals surface area contributed by atoms with Crippen LogP contribution in [-0.4, -0.2) is 10.5 Å². The summed E-state index contributed by atoms with van der Waals surface area (Å²) in [4.78, 5) is 0.530. The summed E-state index contributed by atoms with van der Waals surface area (Å²) in [6, 6.07) is 17.2. The Kier molecular flexibility index (Phi) is 7.37. The molecule has 2 aromatic rings. The lowest BCUT2D eigenvalue weighted by Crippen LogP contribution is -2.21. The maximum Gasteiger partial charge on any atom is 0.176 e. The van der Waals surface area contributed by atoms with Gasteiger partial charge < -0.3 is 4.74 Å². The quantitative estimate of drug-likeness (QED) is 0.601. The number of hydrogen-bond donors (Lipinski definition) is 0. The third kappa shape index (κ3) is 5.98. The SMILES string of the molecule is CCCCC(OCc1ccccc1)OS(=O)(=S)c1cccc(C)c1. The van der Waals surface area contributed by atoms with E-state index in [-0.39, 0.29) is 0 Å². The van der Waals surface area contributed by atoms with Crippen molar-refractivity contribution in [3.05, 3.63) is 65.7 Å². The topological polar surface area (TPSA) is 35.5 Å². The summed E-state index contributed by atoms with van der Waals surface area (Å²) in [5.74, 6) is 0. The molecule has 130 valence electrons. The second-order valence-corrected chi connectivity index (χ2v) is 8.62. The molecule has 0 radical (unpaired) electrons. The van der Waals surface area contributed by atoms with Crippen molar-refractivity contribution >= 4 is 20.0 Å². The van der Waals surface area contributed by atoms with E-state index in [2.05, 4.69) is 6.92 Å². The third-order valence-electron chi connectivity index (χ3n) is 3.58. The predicted molar refractivity (Wildman–Crippen MR) is 101 cm³/mol. The van der Waals surface area contributed by atoms with Crippen molar-refractivity contribution in [2.75, 3.05) is 0 Å². The van der Waals surface area contributed by atoms with Gasteiger partial charge >= 0.3 is 0 Å². The maximum atomic E-state index is 12.8. The molecule has 0 spiro atoms. The molecule has 0 aliphatic heterocycles. The zero-order chi connectivity index (χ0) is 17.4. The van der Waals surface area contributed by atoms with E-state index in [1.807, 2.05) is 55.5 Å². The number of rotatable bonds is 9. The first kappa shape index (κ1) is 19.1. The fourth-order valence-corrected chi connectivity index (χ4v) is 3.96. The van der Waals surface area contributed by atoms with Crippen molar-refractivity contribution in [2.24, 2.45) is 0 Å². The average Bonchev–Trinajstić information content (AvgIpc) is 2.58. The van der Waals surface area contributed by atoms with E-state index in [1.54, 1.807) is 6.07 Å². The highest BCUT2D eigenvalue weighted by molar-refractivity contribution is 8.30. The molecule has 2 rings (SSSR count). The summed E-state index contributed by atoms with van der Waals surface area (Å²) in [6.07, 6.45) is 2.04. The summed E-state index contributed by atoms with van der Waals surface area (Å²) < 4.78 is 24.4. The molecule has 24 heavy (non-hydrogen) atoms. The van der Waals surface area contributed by atoms with Crippen LogP contribution < -0.4 is 0 Å². The van der Waals surface area contributed by atoms with Crippen LogP contribution in [0.2, 0.25) is 0 Å². The van der Waals surface area contributed by atoms with Crippen LogP contribution in [0, 0.1) is 6.92 Å². The molecule has 0 saturated heterocycles. The molecule has 0 aliphatic carbocycles. The van der Waals surface area contributed by atoms with Crippen molar-refractivity contribution in [3.8, 4) is 0 Å². The molecule has 0 saturated carbocycles. The molecule has 0 aromatic heterocycles. The van der Waals surface area contributed by atoms with E-state index in [9.17, 15) is 4.21 Å². The minimum atomic E-state index is -3.01. The van der Waals surface area contributed by atoms with Crippen molar-refractivity contribution < 1.29 is 13.1 Å². The van der Waals surface area contributed by atoms with Gasteiger partial charge in [0.15, 0.2) is 15.1 Å². The van der Waals surface area contributed by atoms with Crippen LogP contribution in [0.4, 0.5) is 0 Å². The largest absolute Gasteiger partial charge is 0.347 e. The summed E-state index contributed by atoms with van der Waals surface area (Å²) in [5, 5.41) is 0. The van der Waals surface area contributed by atoms with Crippen LogP contribution in [0.25, 0.3) is 0 Å². The first-order valence-corrected chi connectivity index (χ1v) is 10.6. The molecule has 0 bridgehead atoms. The Morgan fingerprint density at radius 3 is 2.54 bits per heavy atom. The molecule has 2 unspecified atom stereocenters. The zero-order valence-electron chi connectivity index (χ0n) is 14.1. The Morgan fingerprint density at radius 2 is 1.88 bits per heavy atom. The monoisotopic (exact) mass is 364 g/mol. The van der Waals surface area contributed by atoms with Crippen LogP contribution in [0.1, 0.15) is 37.3 Å². The molecule has 0 N–H and O–H groups in total. The minimum Gasteiger partial charge on any atom is -0.347 e. The van der Waals surface area contributed by atoms with Gasteiger partial charge in [-0.3, -0.25) is 4.18 Å². The second-order valence-electron chi connectivity index (χ2n) is 5.74. The fraction of sp³-hybridized carbons (Fsp3) is 0.368. The lowest BCUT2D eigenvalue weighted by Gasteiger charge is -2.20. The standard InChI is InChI=1S/C19H24O3S2/c1-3-4-13-19(21-15-17-10-6-5-7-11-17)22-24(20,23)18-12-8-9-16(2)14-18/h5-12,14,19H,3-4,13,15H2,1-2H3. The van der Waals surface area contributed by atoms with E-state index in [0.29, 0.717) is 17.9 Å². The van der Waals surface area contributed by atoms with E-state index < -0.39 is 15.1 Å². The van der Waals surface area contributed by atoms with Crippen molar-refractivity contribution in [2.45, 2.75) is 50.9 Å². The zero-order valence-corrected chi connectivity index (χ0v) is 15.8. The number of unbranched alkanes of at least 4 members (excludes halogenated alkanes) is 1. The average molecular weight is 365 g/mol. The third-order valence-corrected chi connectivity index (χ3v) is 5.70. The highest BCUT2D eigenvalue weighted by Crippen LogP contribution is 2.20. The first-order chi connectivity index (χ1) is 11.5. The molecule has 2 atom stereocenters. The summed E-state index contributed by atoms with van der Waals surface area (Å²) in [7, 11) is -3.01. The van der Waals surface area contributed by atoms with Gasteiger partial charge in [0.1, 0.15) is 0 Å². The number of ether oxygens (including phenoxy) is 1. The maximum absolute atomic E-state index is 12.8. The van der Waals surface area contributed by atoms with Crippen molar-refractivity contribution in [3.63, 3.8) is 0 Å². The van der Waals surface area contributed by atoms with E-state index in [4.69, 9.17) is 20.1 Å². The predicted octanol–water partition coefficient (Wildman–Crippen LogP) is 4.76. The summed E-state index contributed by atoms with van der Waals surface area (Å²) in [5.41, 5.74) is 2.05. The molecule has 5 heteroatoms. The molecule has 0 aliphatic rings. The van der Waals surface area contributed by atoms with E-state index >= 15 is 0 Å². The molecule has 2 aromatic carbocycles. The first-order valence-electron chi connectivity index (χ1n) is 8.17. The molecular formula is C19H24O3S2. The van der Waals surface area contributed by atoms with Crippen molar-refractivity contribution in [1.29, 1.82) is 0 Å².